The fourth-order valence-electron chi connectivity index (χ4n) is 3.80. The smallest absolute Gasteiger partial charge is 0.480 e. The van der Waals surface area contributed by atoms with Crippen molar-refractivity contribution in [1.29, 1.82) is 0 Å². The van der Waals surface area contributed by atoms with Crippen molar-refractivity contribution in [2.24, 2.45) is 0 Å². The highest BCUT2D eigenvalue weighted by molar-refractivity contribution is 7.87. The van der Waals surface area contributed by atoms with E-state index in [2.05, 4.69) is 30.2 Å². The number of alkyl halides is 3. The number of amides is 1. The Morgan fingerprint density at radius 3 is 2.30 bits per heavy atom. The number of carboxylic acid groups (broad SMARTS) is 2. The summed E-state index contributed by atoms with van der Waals surface area (Å²) in [7, 11) is -4.14. The fourth-order valence-corrected chi connectivity index (χ4v) is 4.80. The number of rotatable bonds is 14. The fraction of sp³-hybridized carbons (Fsp3) is 0.250. The van der Waals surface area contributed by atoms with Crippen LogP contribution in [0.2, 0.25) is 0 Å². The van der Waals surface area contributed by atoms with Crippen LogP contribution < -0.4 is 20.1 Å². The first-order valence-corrected chi connectivity index (χ1v) is 15.0. The molecule has 2 aromatic heterocycles. The first-order chi connectivity index (χ1) is 21.7. The number of halogens is 3. The van der Waals surface area contributed by atoms with Gasteiger partial charge in [0.1, 0.15) is 11.9 Å². The molecule has 0 aliphatic heterocycles. The standard InChI is InChI=1S/C26H29N7O5S.C2HF3O2/c34-25(29-18-22(26(35)36)32-39(37,38)31-16-19-7-2-1-3-8-19)20-10-11-23-21(15-20)17-30-33(23)14-6-13-28-24-9-4-5-12-27-24;3-2(4,5)1(6)7/h1-5,7-12,15,17,22,31-32H,6,13-14,16,18H2,(H,27,28)(H,29,34)(H,35,36);(H,6,7)/t22-;/m0./s1. The zero-order chi connectivity index (χ0) is 33.7. The summed E-state index contributed by atoms with van der Waals surface area (Å²) >= 11 is 0. The molecular formula is C28H30F3N7O7S. The number of hydrogen-bond acceptors (Lipinski definition) is 8. The molecule has 46 heavy (non-hydrogen) atoms. The Morgan fingerprint density at radius 2 is 1.67 bits per heavy atom. The molecule has 0 aliphatic rings. The lowest BCUT2D eigenvalue weighted by Gasteiger charge is -2.16. The third-order valence-electron chi connectivity index (χ3n) is 6.04. The van der Waals surface area contributed by atoms with Crippen LogP contribution in [0, 0.1) is 0 Å². The quantitative estimate of drug-likeness (QED) is 0.109. The Labute approximate surface area is 260 Å². The van der Waals surface area contributed by atoms with Gasteiger partial charge in [-0.15, -0.1) is 0 Å². The summed E-state index contributed by atoms with van der Waals surface area (Å²) < 4.78 is 62.6. The van der Waals surface area contributed by atoms with Gasteiger partial charge in [0.05, 0.1) is 11.7 Å². The summed E-state index contributed by atoms with van der Waals surface area (Å²) in [5, 5.41) is 27.5. The van der Waals surface area contributed by atoms with Crippen molar-refractivity contribution < 1.29 is 46.2 Å². The number of anilines is 1. The number of fused-ring (bicyclic) bond motifs is 1. The van der Waals surface area contributed by atoms with Crippen LogP contribution in [-0.4, -0.2) is 76.5 Å². The highest BCUT2D eigenvalue weighted by Gasteiger charge is 2.38. The highest BCUT2D eigenvalue weighted by Crippen LogP contribution is 2.17. The van der Waals surface area contributed by atoms with E-state index in [-0.39, 0.29) is 6.54 Å². The van der Waals surface area contributed by atoms with Crippen LogP contribution in [-0.2, 0) is 32.9 Å². The predicted molar refractivity (Wildman–Crippen MR) is 160 cm³/mol. The number of aliphatic carboxylic acids is 2. The number of nitrogens with zero attached hydrogens (tertiary/aromatic N) is 3. The van der Waals surface area contributed by atoms with Crippen LogP contribution in [0.3, 0.4) is 0 Å². The molecule has 0 bridgehead atoms. The average molecular weight is 666 g/mol. The van der Waals surface area contributed by atoms with E-state index in [4.69, 9.17) is 9.90 Å². The molecule has 0 saturated carbocycles. The van der Waals surface area contributed by atoms with Crippen LogP contribution in [0.25, 0.3) is 10.9 Å². The largest absolute Gasteiger partial charge is 0.490 e. The second-order valence-corrected chi connectivity index (χ2v) is 11.0. The van der Waals surface area contributed by atoms with Gasteiger partial charge in [-0.3, -0.25) is 14.3 Å². The number of carboxylic acids is 2. The van der Waals surface area contributed by atoms with Crippen molar-refractivity contribution in [2.75, 3.05) is 18.4 Å². The minimum atomic E-state index is -5.08. The molecule has 2 heterocycles. The minimum absolute atomic E-state index is 0.0106. The molecule has 0 radical (unpaired) electrons. The average Bonchev–Trinajstić information content (AvgIpc) is 3.43. The van der Waals surface area contributed by atoms with Crippen LogP contribution in [0.15, 0.2) is 79.1 Å². The number of hydrogen-bond donors (Lipinski definition) is 6. The molecule has 0 aliphatic carbocycles. The van der Waals surface area contributed by atoms with E-state index in [0.717, 1.165) is 29.7 Å². The first kappa shape index (κ1) is 35.4. The van der Waals surface area contributed by atoms with Gasteiger partial charge in [-0.2, -0.15) is 36.1 Å². The Kier molecular flexibility index (Phi) is 12.5. The normalized spacial score (nSPS) is 12.1. The molecule has 14 nitrogen and oxygen atoms in total. The molecule has 4 aromatic rings. The summed E-state index contributed by atoms with van der Waals surface area (Å²) in [5.74, 6) is -3.91. The third-order valence-corrected chi connectivity index (χ3v) is 7.15. The van der Waals surface area contributed by atoms with E-state index in [1.54, 1.807) is 60.9 Å². The van der Waals surface area contributed by atoms with Crippen LogP contribution in [0.1, 0.15) is 22.3 Å². The summed E-state index contributed by atoms with van der Waals surface area (Å²) in [6.07, 6.45) is -0.894. The van der Waals surface area contributed by atoms with Crippen LogP contribution in [0.5, 0.6) is 0 Å². The lowest BCUT2D eigenvalue weighted by atomic mass is 10.1. The molecule has 6 N–H and O–H groups in total. The molecule has 0 fully saturated rings. The molecule has 1 amide bonds. The van der Waals surface area contributed by atoms with E-state index < -0.39 is 46.8 Å². The lowest BCUT2D eigenvalue weighted by Crippen LogP contribution is -2.51. The van der Waals surface area contributed by atoms with E-state index in [1.807, 2.05) is 22.9 Å². The van der Waals surface area contributed by atoms with Gasteiger partial charge in [-0.05, 0) is 42.3 Å². The van der Waals surface area contributed by atoms with Gasteiger partial charge < -0.3 is 20.8 Å². The second kappa shape index (κ2) is 16.3. The van der Waals surface area contributed by atoms with Crippen molar-refractivity contribution in [3.8, 4) is 0 Å². The lowest BCUT2D eigenvalue weighted by molar-refractivity contribution is -0.192. The van der Waals surface area contributed by atoms with Gasteiger partial charge in [-0.25, -0.2) is 9.78 Å². The number of nitrogens with one attached hydrogen (secondary N) is 4. The van der Waals surface area contributed by atoms with Gasteiger partial charge in [0.2, 0.25) is 0 Å². The van der Waals surface area contributed by atoms with Crippen molar-refractivity contribution in [1.82, 2.24) is 29.5 Å². The van der Waals surface area contributed by atoms with Gasteiger partial charge >= 0.3 is 18.1 Å². The summed E-state index contributed by atoms with van der Waals surface area (Å²) in [5.41, 5.74) is 1.86. The predicted octanol–water partition coefficient (Wildman–Crippen LogP) is 2.37. The first-order valence-electron chi connectivity index (χ1n) is 13.5. The van der Waals surface area contributed by atoms with Crippen LogP contribution in [0.4, 0.5) is 19.0 Å². The van der Waals surface area contributed by atoms with Crippen LogP contribution >= 0.6 is 0 Å². The van der Waals surface area contributed by atoms with Gasteiger partial charge in [0.25, 0.3) is 16.1 Å². The van der Waals surface area contributed by atoms with Crippen molar-refractivity contribution in [2.45, 2.75) is 31.7 Å². The van der Waals surface area contributed by atoms with Crippen molar-refractivity contribution in [3.63, 3.8) is 0 Å². The molecule has 0 unspecified atom stereocenters. The zero-order valence-electron chi connectivity index (χ0n) is 23.9. The van der Waals surface area contributed by atoms with Gasteiger partial charge in [0, 0.05) is 43.3 Å². The molecule has 246 valence electrons. The van der Waals surface area contributed by atoms with E-state index in [1.165, 1.54) is 0 Å². The number of aromatic nitrogens is 3. The van der Waals surface area contributed by atoms with E-state index in [0.29, 0.717) is 17.7 Å². The van der Waals surface area contributed by atoms with Crippen molar-refractivity contribution >= 4 is 44.8 Å². The number of pyridine rings is 1. The third kappa shape index (κ3) is 11.5. The Morgan fingerprint density at radius 1 is 0.978 bits per heavy atom. The number of benzene rings is 2. The Hall–Kier alpha value is -5.07. The maximum atomic E-state index is 12.7. The highest BCUT2D eigenvalue weighted by atomic mass is 32.2. The maximum absolute atomic E-state index is 12.7. The zero-order valence-corrected chi connectivity index (χ0v) is 24.8. The van der Waals surface area contributed by atoms with Gasteiger partial charge in [0.15, 0.2) is 0 Å². The van der Waals surface area contributed by atoms with E-state index in [9.17, 15) is 36.3 Å². The topological polar surface area (TPSA) is 205 Å². The Bertz CT molecular complexity index is 1720. The summed E-state index contributed by atoms with van der Waals surface area (Å²) in [6.45, 7) is 0.924. The van der Waals surface area contributed by atoms with Crippen molar-refractivity contribution in [3.05, 3.63) is 90.3 Å². The molecular weight excluding hydrogens is 635 g/mol. The molecule has 0 spiro atoms. The number of carbonyl (C=O) groups is 3. The number of aryl methyl sites for hydroxylation is 1. The monoisotopic (exact) mass is 665 g/mol. The van der Waals surface area contributed by atoms with E-state index >= 15 is 0 Å². The Balaban J connectivity index is 0.000000738. The number of carbonyl (C=O) groups excluding carboxylic acids is 1. The summed E-state index contributed by atoms with van der Waals surface area (Å²) in [6, 6.07) is 17.9. The molecule has 1 atom stereocenters. The second-order valence-electron chi connectivity index (χ2n) is 9.47. The molecule has 18 heteroatoms. The molecule has 4 rings (SSSR count). The minimum Gasteiger partial charge on any atom is -0.480 e. The SMILES string of the molecule is O=C(NC[C@H](NS(=O)(=O)NCc1ccccc1)C(=O)O)c1ccc2c(cnn2CCCNc2ccccn2)c1.O=C(O)C(F)(F)F. The summed E-state index contributed by atoms with van der Waals surface area (Å²) in [4.78, 5) is 37.5. The molecule has 0 saturated heterocycles. The maximum Gasteiger partial charge on any atom is 0.490 e. The molecule has 2 aromatic carbocycles. The van der Waals surface area contributed by atoms with Gasteiger partial charge in [-0.1, -0.05) is 36.4 Å².